The molecule has 0 aromatic heterocycles. The van der Waals surface area contributed by atoms with Crippen LogP contribution in [0.15, 0.2) is 41.6 Å². The summed E-state index contributed by atoms with van der Waals surface area (Å²) in [7, 11) is 0. The van der Waals surface area contributed by atoms with E-state index in [-0.39, 0.29) is 5.78 Å². The third-order valence-electron chi connectivity index (χ3n) is 2.77. The number of rotatable bonds is 2. The Morgan fingerprint density at radius 1 is 1.27 bits per heavy atom. The summed E-state index contributed by atoms with van der Waals surface area (Å²) in [6.07, 6.45) is 2.14. The number of nitrogens with one attached hydrogen (secondary N) is 1. The molecule has 0 radical (unpaired) electrons. The minimum atomic E-state index is 0.139. The highest BCUT2D eigenvalue weighted by atomic mass is 16.1. The summed E-state index contributed by atoms with van der Waals surface area (Å²) in [6, 6.07) is 9.44. The Balaban J connectivity index is 2.25. The van der Waals surface area contributed by atoms with E-state index in [1.807, 2.05) is 37.3 Å². The smallest absolute Gasteiger partial charge is 0.190 e. The van der Waals surface area contributed by atoms with Crippen LogP contribution >= 0.6 is 0 Å². The second kappa shape index (κ2) is 4.30. The van der Waals surface area contributed by atoms with E-state index in [1.165, 1.54) is 0 Å². The van der Waals surface area contributed by atoms with Gasteiger partial charge in [-0.1, -0.05) is 30.3 Å². The molecular weight excluding hydrogens is 186 g/mol. The molecule has 1 aromatic carbocycles. The van der Waals surface area contributed by atoms with Crippen LogP contribution in [0.5, 0.6) is 0 Å². The first-order valence-electron chi connectivity index (χ1n) is 5.32. The molecule has 78 valence electrons. The second-order valence-electron chi connectivity index (χ2n) is 3.83. The Hall–Kier alpha value is -1.57. The highest BCUT2D eigenvalue weighted by molar-refractivity contribution is 6.08. The Morgan fingerprint density at radius 2 is 2.00 bits per heavy atom. The van der Waals surface area contributed by atoms with Crippen molar-refractivity contribution in [2.24, 2.45) is 0 Å². The fourth-order valence-corrected chi connectivity index (χ4v) is 1.86. The van der Waals surface area contributed by atoms with Gasteiger partial charge in [0, 0.05) is 23.4 Å². The zero-order valence-electron chi connectivity index (χ0n) is 8.92. The van der Waals surface area contributed by atoms with E-state index < -0.39 is 0 Å². The standard InChI is InChI=1S/C13H15NO/c1-10(12-8-5-9-14-12)13(15)11-6-3-2-4-7-11/h2-4,6-7,14H,5,8-9H2,1H3. The maximum Gasteiger partial charge on any atom is 0.190 e. The maximum atomic E-state index is 12.0. The number of hydrogen-bond donors (Lipinski definition) is 1. The average molecular weight is 201 g/mol. The topological polar surface area (TPSA) is 29.1 Å². The summed E-state index contributed by atoms with van der Waals surface area (Å²) >= 11 is 0. The quantitative estimate of drug-likeness (QED) is 0.588. The lowest BCUT2D eigenvalue weighted by Crippen LogP contribution is -2.11. The molecule has 1 saturated heterocycles. The van der Waals surface area contributed by atoms with Gasteiger partial charge in [0.15, 0.2) is 5.78 Å². The van der Waals surface area contributed by atoms with Crippen LogP contribution in [0.4, 0.5) is 0 Å². The highest BCUT2D eigenvalue weighted by Crippen LogP contribution is 2.17. The van der Waals surface area contributed by atoms with Gasteiger partial charge in [0.25, 0.3) is 0 Å². The first-order chi connectivity index (χ1) is 7.29. The zero-order valence-corrected chi connectivity index (χ0v) is 8.92. The fourth-order valence-electron chi connectivity index (χ4n) is 1.86. The third kappa shape index (κ3) is 2.09. The molecule has 1 aliphatic heterocycles. The molecule has 1 aromatic rings. The zero-order chi connectivity index (χ0) is 10.7. The molecule has 0 aliphatic carbocycles. The van der Waals surface area contributed by atoms with E-state index in [9.17, 15) is 4.79 Å². The van der Waals surface area contributed by atoms with E-state index >= 15 is 0 Å². The summed E-state index contributed by atoms with van der Waals surface area (Å²) in [6.45, 7) is 2.90. The maximum absolute atomic E-state index is 12.0. The first kappa shape index (κ1) is 9.97. The largest absolute Gasteiger partial charge is 0.388 e. The van der Waals surface area contributed by atoms with E-state index in [2.05, 4.69) is 5.32 Å². The molecule has 2 heteroatoms. The predicted octanol–water partition coefficient (Wildman–Crippen LogP) is 2.53. The van der Waals surface area contributed by atoms with Crippen molar-refractivity contribution in [3.05, 3.63) is 47.2 Å². The Bertz CT molecular complexity index is 384. The van der Waals surface area contributed by atoms with Gasteiger partial charge in [-0.15, -0.1) is 0 Å². The molecule has 15 heavy (non-hydrogen) atoms. The molecule has 1 aliphatic rings. The van der Waals surface area contributed by atoms with E-state index in [0.29, 0.717) is 0 Å². The van der Waals surface area contributed by atoms with Gasteiger partial charge in [0.05, 0.1) is 0 Å². The number of benzene rings is 1. The van der Waals surface area contributed by atoms with Crippen molar-refractivity contribution in [1.29, 1.82) is 0 Å². The normalized spacial score (nSPS) is 18.5. The molecule has 1 N–H and O–H groups in total. The van der Waals surface area contributed by atoms with Gasteiger partial charge in [-0.25, -0.2) is 0 Å². The molecular formula is C13H15NO. The predicted molar refractivity (Wildman–Crippen MR) is 60.7 cm³/mol. The monoisotopic (exact) mass is 201 g/mol. The van der Waals surface area contributed by atoms with Crippen LogP contribution in [0.2, 0.25) is 0 Å². The fraction of sp³-hybridized carbons (Fsp3) is 0.308. The molecule has 0 bridgehead atoms. The third-order valence-corrected chi connectivity index (χ3v) is 2.77. The van der Waals surface area contributed by atoms with Gasteiger partial charge in [-0.2, -0.15) is 0 Å². The first-order valence-corrected chi connectivity index (χ1v) is 5.32. The summed E-state index contributed by atoms with van der Waals surface area (Å²) in [4.78, 5) is 12.0. The van der Waals surface area contributed by atoms with Crippen LogP contribution in [-0.2, 0) is 0 Å². The van der Waals surface area contributed by atoms with Crippen LogP contribution < -0.4 is 5.32 Å². The van der Waals surface area contributed by atoms with Crippen LogP contribution in [0, 0.1) is 0 Å². The Morgan fingerprint density at radius 3 is 2.60 bits per heavy atom. The summed E-state index contributed by atoms with van der Waals surface area (Å²) < 4.78 is 0. The average Bonchev–Trinajstić information content (AvgIpc) is 2.82. The molecule has 1 heterocycles. The minimum absolute atomic E-state index is 0.139. The lowest BCUT2D eigenvalue weighted by atomic mass is 10.0. The molecule has 2 nitrogen and oxygen atoms in total. The van der Waals surface area contributed by atoms with E-state index in [0.717, 1.165) is 36.2 Å². The number of Topliss-reactive ketones (excluding diaryl/α,β-unsaturated/α-hetero) is 1. The van der Waals surface area contributed by atoms with Crippen molar-refractivity contribution in [2.75, 3.05) is 6.54 Å². The molecule has 1 fully saturated rings. The van der Waals surface area contributed by atoms with Gasteiger partial charge in [-0.05, 0) is 19.8 Å². The van der Waals surface area contributed by atoms with Gasteiger partial charge < -0.3 is 5.32 Å². The molecule has 0 unspecified atom stereocenters. The van der Waals surface area contributed by atoms with E-state index in [1.54, 1.807) is 0 Å². The summed E-state index contributed by atoms with van der Waals surface area (Å²) in [5.41, 5.74) is 2.75. The van der Waals surface area contributed by atoms with Crippen molar-refractivity contribution < 1.29 is 4.79 Å². The van der Waals surface area contributed by atoms with Gasteiger partial charge in [0.1, 0.15) is 0 Å². The number of carbonyl (C=O) groups is 1. The van der Waals surface area contributed by atoms with Crippen molar-refractivity contribution in [1.82, 2.24) is 5.32 Å². The van der Waals surface area contributed by atoms with Crippen molar-refractivity contribution in [3.8, 4) is 0 Å². The SMILES string of the molecule is CC(C(=O)c1ccccc1)=C1CCCN1. The van der Waals surface area contributed by atoms with Gasteiger partial charge in [0.2, 0.25) is 0 Å². The summed E-state index contributed by atoms with van der Waals surface area (Å²) in [5.74, 6) is 0.139. The lowest BCUT2D eigenvalue weighted by Gasteiger charge is -2.05. The highest BCUT2D eigenvalue weighted by Gasteiger charge is 2.15. The van der Waals surface area contributed by atoms with Crippen molar-refractivity contribution in [3.63, 3.8) is 0 Å². The van der Waals surface area contributed by atoms with Crippen molar-refractivity contribution in [2.45, 2.75) is 19.8 Å². The minimum Gasteiger partial charge on any atom is -0.388 e. The molecule has 0 spiro atoms. The number of allylic oxidation sites excluding steroid dienone is 2. The van der Waals surface area contributed by atoms with Crippen LogP contribution in [0.3, 0.4) is 0 Å². The number of hydrogen-bond acceptors (Lipinski definition) is 2. The van der Waals surface area contributed by atoms with Crippen molar-refractivity contribution >= 4 is 5.78 Å². The van der Waals surface area contributed by atoms with Crippen LogP contribution in [0.25, 0.3) is 0 Å². The van der Waals surface area contributed by atoms with Gasteiger partial charge >= 0.3 is 0 Å². The Kier molecular flexibility index (Phi) is 2.86. The summed E-state index contributed by atoms with van der Waals surface area (Å²) in [5, 5.41) is 3.27. The van der Waals surface area contributed by atoms with Gasteiger partial charge in [-0.3, -0.25) is 4.79 Å². The number of ketones is 1. The second-order valence-corrected chi connectivity index (χ2v) is 3.83. The van der Waals surface area contributed by atoms with Crippen LogP contribution in [0.1, 0.15) is 30.1 Å². The Labute approximate surface area is 90.0 Å². The molecule has 0 atom stereocenters. The van der Waals surface area contributed by atoms with E-state index in [4.69, 9.17) is 0 Å². The van der Waals surface area contributed by atoms with Crippen LogP contribution in [-0.4, -0.2) is 12.3 Å². The molecule has 0 amide bonds. The molecule has 2 rings (SSSR count). The lowest BCUT2D eigenvalue weighted by molar-refractivity contribution is 0.103. The molecule has 0 saturated carbocycles. The number of carbonyl (C=O) groups excluding carboxylic acids is 1.